The van der Waals surface area contributed by atoms with Crippen molar-refractivity contribution >= 4 is 0 Å². The number of terminal acetylenes is 1. The Hall–Kier alpha value is -1.22. The lowest BCUT2D eigenvalue weighted by atomic mass is 9.90. The highest BCUT2D eigenvalue weighted by Gasteiger charge is 2.10. The van der Waals surface area contributed by atoms with E-state index >= 15 is 0 Å². The minimum atomic E-state index is 0.298. The highest BCUT2D eigenvalue weighted by Crippen LogP contribution is 2.25. The Morgan fingerprint density at radius 2 is 2.00 bits per heavy atom. The molecule has 0 amide bonds. The molecule has 0 spiro atoms. The molecule has 1 aromatic carbocycles. The van der Waals surface area contributed by atoms with Gasteiger partial charge >= 0.3 is 0 Å². The zero-order chi connectivity index (χ0) is 12.0. The van der Waals surface area contributed by atoms with Crippen LogP contribution in [0, 0.1) is 26.2 Å². The first-order valence-corrected chi connectivity index (χ1v) is 6.22. The van der Waals surface area contributed by atoms with E-state index in [0.29, 0.717) is 5.92 Å². The highest BCUT2D eigenvalue weighted by atomic mass is 14.1. The van der Waals surface area contributed by atoms with E-state index in [4.69, 9.17) is 6.42 Å². The molecule has 0 nitrogen and oxygen atoms in total. The molecular weight excluding hydrogens is 192 g/mol. The fraction of sp³-hybridized carbons (Fsp3) is 0.500. The molecule has 1 unspecified atom stereocenters. The van der Waals surface area contributed by atoms with Gasteiger partial charge in [0.25, 0.3) is 0 Å². The summed E-state index contributed by atoms with van der Waals surface area (Å²) < 4.78 is 0. The number of hydrogen-bond donors (Lipinski definition) is 0. The second-order valence-electron chi connectivity index (χ2n) is 4.58. The lowest BCUT2D eigenvalue weighted by Gasteiger charge is -2.14. The Kier molecular flexibility index (Phi) is 5.12. The van der Waals surface area contributed by atoms with Crippen LogP contribution in [0.2, 0.25) is 0 Å². The van der Waals surface area contributed by atoms with Crippen molar-refractivity contribution in [2.45, 2.75) is 52.4 Å². The lowest BCUT2D eigenvalue weighted by Crippen LogP contribution is -1.99. The molecular formula is C16H22. The quantitative estimate of drug-likeness (QED) is 0.496. The summed E-state index contributed by atoms with van der Waals surface area (Å²) in [5.74, 6) is 3.24. The molecule has 1 atom stereocenters. The van der Waals surface area contributed by atoms with E-state index in [9.17, 15) is 0 Å². The van der Waals surface area contributed by atoms with Gasteiger partial charge in [0, 0.05) is 5.92 Å². The van der Waals surface area contributed by atoms with Crippen molar-refractivity contribution in [3.8, 4) is 12.3 Å². The normalized spacial score (nSPS) is 12.1. The summed E-state index contributed by atoms with van der Waals surface area (Å²) in [6.45, 7) is 6.50. The number of aryl methyl sites for hydroxylation is 2. The van der Waals surface area contributed by atoms with Crippen LogP contribution in [-0.4, -0.2) is 0 Å². The van der Waals surface area contributed by atoms with Crippen LogP contribution in [0.1, 0.15) is 55.2 Å². The SMILES string of the molecule is C#CC(CCCCC)c1cc(C)ccc1C. The lowest BCUT2D eigenvalue weighted by molar-refractivity contribution is 0.636. The first-order chi connectivity index (χ1) is 7.69. The molecule has 0 heteroatoms. The summed E-state index contributed by atoms with van der Waals surface area (Å²) in [4.78, 5) is 0. The van der Waals surface area contributed by atoms with Crippen molar-refractivity contribution in [1.82, 2.24) is 0 Å². The van der Waals surface area contributed by atoms with Gasteiger partial charge in [-0.05, 0) is 31.4 Å². The molecule has 0 saturated heterocycles. The molecule has 86 valence electrons. The van der Waals surface area contributed by atoms with Crippen molar-refractivity contribution in [1.29, 1.82) is 0 Å². The summed E-state index contributed by atoms with van der Waals surface area (Å²) in [5.41, 5.74) is 3.97. The minimum Gasteiger partial charge on any atom is -0.119 e. The van der Waals surface area contributed by atoms with Crippen LogP contribution in [0.3, 0.4) is 0 Å². The van der Waals surface area contributed by atoms with E-state index in [1.54, 1.807) is 0 Å². The van der Waals surface area contributed by atoms with E-state index in [2.05, 4.69) is 44.9 Å². The van der Waals surface area contributed by atoms with E-state index < -0.39 is 0 Å². The Morgan fingerprint density at radius 3 is 2.62 bits per heavy atom. The average molecular weight is 214 g/mol. The predicted molar refractivity (Wildman–Crippen MR) is 71.6 cm³/mol. The topological polar surface area (TPSA) is 0 Å². The average Bonchev–Trinajstić information content (AvgIpc) is 2.28. The van der Waals surface area contributed by atoms with E-state index in [1.165, 1.54) is 36.0 Å². The molecule has 1 aromatic rings. The van der Waals surface area contributed by atoms with Gasteiger partial charge in [-0.2, -0.15) is 0 Å². The third-order valence-corrected chi connectivity index (χ3v) is 3.11. The fourth-order valence-corrected chi connectivity index (χ4v) is 2.06. The zero-order valence-electron chi connectivity index (χ0n) is 10.7. The zero-order valence-corrected chi connectivity index (χ0v) is 10.7. The van der Waals surface area contributed by atoms with Gasteiger partial charge in [-0.15, -0.1) is 6.42 Å². The molecule has 0 bridgehead atoms. The summed E-state index contributed by atoms with van der Waals surface area (Å²) in [7, 11) is 0. The third-order valence-electron chi connectivity index (χ3n) is 3.11. The molecule has 1 rings (SSSR count). The van der Waals surface area contributed by atoms with Gasteiger partial charge in [0.2, 0.25) is 0 Å². The van der Waals surface area contributed by atoms with E-state index in [1.807, 2.05) is 0 Å². The first kappa shape index (κ1) is 12.8. The number of unbranched alkanes of at least 4 members (excludes halogenated alkanes) is 2. The van der Waals surface area contributed by atoms with Crippen LogP contribution in [0.4, 0.5) is 0 Å². The third kappa shape index (κ3) is 3.42. The summed E-state index contributed by atoms with van der Waals surface area (Å²) in [6.07, 6.45) is 10.5. The number of hydrogen-bond acceptors (Lipinski definition) is 0. The molecule has 0 heterocycles. The molecule has 0 aliphatic rings. The van der Waals surface area contributed by atoms with Crippen LogP contribution in [-0.2, 0) is 0 Å². The van der Waals surface area contributed by atoms with Crippen molar-refractivity contribution in [2.24, 2.45) is 0 Å². The Labute approximate surface area is 100 Å². The first-order valence-electron chi connectivity index (χ1n) is 6.22. The second-order valence-corrected chi connectivity index (χ2v) is 4.58. The van der Waals surface area contributed by atoms with Crippen LogP contribution < -0.4 is 0 Å². The maximum absolute atomic E-state index is 5.66. The van der Waals surface area contributed by atoms with E-state index in [0.717, 1.165) is 6.42 Å². The Bertz CT molecular complexity index is 368. The van der Waals surface area contributed by atoms with Crippen molar-refractivity contribution < 1.29 is 0 Å². The fourth-order valence-electron chi connectivity index (χ4n) is 2.06. The molecule has 0 N–H and O–H groups in total. The van der Waals surface area contributed by atoms with Gasteiger partial charge in [-0.25, -0.2) is 0 Å². The van der Waals surface area contributed by atoms with E-state index in [-0.39, 0.29) is 0 Å². The molecule has 0 fully saturated rings. The van der Waals surface area contributed by atoms with Crippen LogP contribution >= 0.6 is 0 Å². The maximum atomic E-state index is 5.66. The Balaban J connectivity index is 2.79. The minimum absolute atomic E-state index is 0.298. The van der Waals surface area contributed by atoms with Gasteiger partial charge in [-0.3, -0.25) is 0 Å². The standard InChI is InChI=1S/C16H22/c1-5-7-8-9-15(6-2)16-12-13(3)10-11-14(16)4/h2,10-12,15H,5,7-9H2,1,3-4H3. The molecule has 16 heavy (non-hydrogen) atoms. The van der Waals surface area contributed by atoms with Crippen LogP contribution in [0.5, 0.6) is 0 Å². The van der Waals surface area contributed by atoms with Gasteiger partial charge < -0.3 is 0 Å². The maximum Gasteiger partial charge on any atom is 0.0452 e. The monoisotopic (exact) mass is 214 g/mol. The van der Waals surface area contributed by atoms with Gasteiger partial charge in [0.1, 0.15) is 0 Å². The van der Waals surface area contributed by atoms with Crippen molar-refractivity contribution in [3.05, 3.63) is 34.9 Å². The Morgan fingerprint density at radius 1 is 1.25 bits per heavy atom. The largest absolute Gasteiger partial charge is 0.119 e. The molecule has 0 aliphatic heterocycles. The number of benzene rings is 1. The summed E-state index contributed by atoms with van der Waals surface area (Å²) in [5, 5.41) is 0. The molecule has 0 radical (unpaired) electrons. The smallest absolute Gasteiger partial charge is 0.0452 e. The second kappa shape index (κ2) is 6.38. The highest BCUT2D eigenvalue weighted by molar-refractivity contribution is 5.36. The van der Waals surface area contributed by atoms with Crippen molar-refractivity contribution in [2.75, 3.05) is 0 Å². The van der Waals surface area contributed by atoms with Crippen molar-refractivity contribution in [3.63, 3.8) is 0 Å². The molecule has 0 aromatic heterocycles. The van der Waals surface area contributed by atoms with Crippen LogP contribution in [0.15, 0.2) is 18.2 Å². The summed E-state index contributed by atoms with van der Waals surface area (Å²) in [6, 6.07) is 6.57. The molecule has 0 aliphatic carbocycles. The summed E-state index contributed by atoms with van der Waals surface area (Å²) >= 11 is 0. The van der Waals surface area contributed by atoms with Gasteiger partial charge in [0.05, 0.1) is 0 Å². The number of rotatable bonds is 5. The van der Waals surface area contributed by atoms with Crippen LogP contribution in [0.25, 0.3) is 0 Å². The van der Waals surface area contributed by atoms with Gasteiger partial charge in [-0.1, -0.05) is 55.9 Å². The van der Waals surface area contributed by atoms with Gasteiger partial charge in [0.15, 0.2) is 0 Å². The molecule has 0 saturated carbocycles. The predicted octanol–water partition coefficient (Wildman–Crippen LogP) is 4.60.